The lowest BCUT2D eigenvalue weighted by Gasteiger charge is -2.32. The molecule has 2 bridgehead atoms. The molecule has 0 spiro atoms. The van der Waals surface area contributed by atoms with Gasteiger partial charge in [0.1, 0.15) is 0 Å². The molecule has 1 amide bonds. The second-order valence-corrected chi connectivity index (χ2v) is 9.33. The fourth-order valence-electron chi connectivity index (χ4n) is 4.60. The second-order valence-electron chi connectivity index (χ2n) is 8.33. The van der Waals surface area contributed by atoms with Crippen molar-refractivity contribution < 1.29 is 13.6 Å². The summed E-state index contributed by atoms with van der Waals surface area (Å²) in [5.41, 5.74) is 1.47. The van der Waals surface area contributed by atoms with Gasteiger partial charge >= 0.3 is 0 Å². The number of carbonyl (C=O) groups is 1. The van der Waals surface area contributed by atoms with E-state index >= 15 is 0 Å². The number of benzene rings is 1. The van der Waals surface area contributed by atoms with Gasteiger partial charge in [0, 0.05) is 49.6 Å². The van der Waals surface area contributed by atoms with Crippen molar-refractivity contribution in [1.29, 1.82) is 0 Å². The van der Waals surface area contributed by atoms with E-state index in [-0.39, 0.29) is 24.8 Å². The first-order chi connectivity index (χ1) is 13.4. The average molecular weight is 407 g/mol. The summed E-state index contributed by atoms with van der Waals surface area (Å²) in [6, 6.07) is 6.47. The highest BCUT2D eigenvalue weighted by atomic mass is 32.1. The quantitative estimate of drug-likeness (QED) is 0.819. The lowest BCUT2D eigenvalue weighted by molar-refractivity contribution is -0.0399. The number of amides is 1. The van der Waals surface area contributed by atoms with Crippen LogP contribution >= 0.6 is 11.3 Å². The van der Waals surface area contributed by atoms with Crippen LogP contribution < -0.4 is 15.5 Å². The van der Waals surface area contributed by atoms with Gasteiger partial charge in [-0.1, -0.05) is 11.3 Å². The van der Waals surface area contributed by atoms with E-state index in [1.165, 1.54) is 12.8 Å². The molecular weight excluding hydrogens is 382 g/mol. The Morgan fingerprint density at radius 1 is 1.18 bits per heavy atom. The molecule has 1 aromatic heterocycles. The molecule has 2 saturated heterocycles. The number of halogens is 2. The van der Waals surface area contributed by atoms with Crippen molar-refractivity contribution in [1.82, 2.24) is 15.6 Å². The average Bonchev–Trinajstić information content (AvgIpc) is 3.25. The number of nitrogens with zero attached hydrogens (tertiary/aromatic N) is 2. The Hall–Kier alpha value is -1.80. The minimum absolute atomic E-state index is 0.151. The molecule has 1 aliphatic carbocycles. The topological polar surface area (TPSA) is 57.3 Å². The molecule has 2 atom stereocenters. The minimum atomic E-state index is -2.58. The number of fused-ring (bicyclic) bond motifs is 3. The van der Waals surface area contributed by atoms with Crippen molar-refractivity contribution >= 4 is 32.6 Å². The zero-order chi connectivity index (χ0) is 19.3. The van der Waals surface area contributed by atoms with Gasteiger partial charge in [0.25, 0.3) is 5.91 Å². The summed E-state index contributed by atoms with van der Waals surface area (Å²) in [6.45, 7) is 1.96. The number of anilines is 1. The molecule has 0 radical (unpaired) electrons. The van der Waals surface area contributed by atoms with E-state index in [0.29, 0.717) is 30.5 Å². The third-order valence-electron chi connectivity index (χ3n) is 6.18. The summed E-state index contributed by atoms with van der Waals surface area (Å²) >= 11 is 1.62. The van der Waals surface area contributed by atoms with Gasteiger partial charge in [-0.15, -0.1) is 0 Å². The lowest BCUT2D eigenvalue weighted by Crippen LogP contribution is -2.51. The second kappa shape index (κ2) is 6.91. The largest absolute Gasteiger partial charge is 0.349 e. The Balaban J connectivity index is 1.29. The highest BCUT2D eigenvalue weighted by Gasteiger charge is 2.35. The molecule has 2 N–H and O–H groups in total. The third-order valence-corrected chi connectivity index (χ3v) is 7.26. The Bertz CT molecular complexity index is 879. The van der Waals surface area contributed by atoms with Gasteiger partial charge in [-0.05, 0) is 43.9 Å². The molecule has 150 valence electrons. The summed E-state index contributed by atoms with van der Waals surface area (Å²) in [5, 5.41) is 7.56. The van der Waals surface area contributed by atoms with Crippen molar-refractivity contribution in [2.24, 2.45) is 0 Å². The van der Waals surface area contributed by atoms with Crippen LogP contribution in [0, 0.1) is 0 Å². The zero-order valence-corrected chi connectivity index (χ0v) is 16.4. The van der Waals surface area contributed by atoms with Gasteiger partial charge in [0.05, 0.1) is 10.2 Å². The Morgan fingerprint density at radius 3 is 2.61 bits per heavy atom. The molecule has 2 unspecified atom stereocenters. The van der Waals surface area contributed by atoms with Crippen LogP contribution in [0.25, 0.3) is 10.2 Å². The van der Waals surface area contributed by atoms with E-state index in [1.807, 2.05) is 12.1 Å². The summed E-state index contributed by atoms with van der Waals surface area (Å²) in [6.07, 6.45) is 2.81. The number of piperazine rings is 1. The van der Waals surface area contributed by atoms with Gasteiger partial charge in [0.15, 0.2) is 5.13 Å². The smallest absolute Gasteiger partial charge is 0.251 e. The molecule has 28 heavy (non-hydrogen) atoms. The Labute approximate surface area is 166 Å². The van der Waals surface area contributed by atoms with Gasteiger partial charge in [-0.25, -0.2) is 13.8 Å². The van der Waals surface area contributed by atoms with Crippen LogP contribution in [0.15, 0.2) is 18.2 Å². The van der Waals surface area contributed by atoms with Crippen molar-refractivity contribution in [2.75, 3.05) is 18.0 Å². The maximum Gasteiger partial charge on any atom is 0.251 e. The standard InChI is InChI=1S/C20H24F2N4OS/c21-20(22)7-5-13(6-8-20)24-18(27)12-1-4-16-17(9-12)28-19(25-16)26-10-14-2-3-15(11-26)23-14/h1,4,9,13-15,23H,2-3,5-8,10-11H2,(H,24,27). The van der Waals surface area contributed by atoms with Crippen LogP contribution in [0.4, 0.5) is 13.9 Å². The van der Waals surface area contributed by atoms with Crippen LogP contribution in [-0.4, -0.2) is 48.0 Å². The van der Waals surface area contributed by atoms with Crippen LogP contribution in [0.2, 0.25) is 0 Å². The van der Waals surface area contributed by atoms with E-state index in [0.717, 1.165) is 28.4 Å². The molecule has 2 aliphatic heterocycles. The van der Waals surface area contributed by atoms with Crippen LogP contribution in [0.1, 0.15) is 48.9 Å². The summed E-state index contributed by atoms with van der Waals surface area (Å²) < 4.78 is 27.6. The number of carbonyl (C=O) groups excluding carboxylic acids is 1. The monoisotopic (exact) mass is 406 g/mol. The highest BCUT2D eigenvalue weighted by molar-refractivity contribution is 7.22. The Morgan fingerprint density at radius 2 is 1.89 bits per heavy atom. The maximum absolute atomic E-state index is 13.3. The number of hydrogen-bond donors (Lipinski definition) is 2. The molecule has 3 fully saturated rings. The van der Waals surface area contributed by atoms with E-state index < -0.39 is 5.92 Å². The van der Waals surface area contributed by atoms with Gasteiger partial charge in [0.2, 0.25) is 5.92 Å². The number of nitrogens with one attached hydrogen (secondary N) is 2. The van der Waals surface area contributed by atoms with Crippen molar-refractivity contribution in [3.8, 4) is 0 Å². The van der Waals surface area contributed by atoms with E-state index in [4.69, 9.17) is 4.98 Å². The van der Waals surface area contributed by atoms with Crippen LogP contribution in [-0.2, 0) is 0 Å². The maximum atomic E-state index is 13.3. The van der Waals surface area contributed by atoms with Crippen LogP contribution in [0.5, 0.6) is 0 Å². The predicted octanol–water partition coefficient (Wildman–Crippen LogP) is 3.54. The van der Waals surface area contributed by atoms with Gasteiger partial charge in [-0.2, -0.15) is 0 Å². The van der Waals surface area contributed by atoms with Crippen molar-refractivity contribution in [3.63, 3.8) is 0 Å². The minimum Gasteiger partial charge on any atom is -0.349 e. The first-order valence-electron chi connectivity index (χ1n) is 10.1. The third kappa shape index (κ3) is 3.59. The molecule has 5 rings (SSSR count). The summed E-state index contributed by atoms with van der Waals surface area (Å²) in [7, 11) is 0. The molecule has 8 heteroatoms. The molecule has 3 heterocycles. The number of alkyl halides is 2. The molecule has 2 aromatic rings. The summed E-state index contributed by atoms with van der Waals surface area (Å²) in [5.74, 6) is -2.77. The van der Waals surface area contributed by atoms with Gasteiger partial charge in [-0.3, -0.25) is 4.79 Å². The van der Waals surface area contributed by atoms with E-state index in [2.05, 4.69) is 15.5 Å². The SMILES string of the molecule is O=C(NC1CCC(F)(F)CC1)c1ccc2nc(N3CC4CCC(C3)N4)sc2c1. The normalized spacial score (nSPS) is 27.3. The molecule has 3 aliphatic rings. The zero-order valence-electron chi connectivity index (χ0n) is 15.6. The number of thiazole rings is 1. The predicted molar refractivity (Wildman–Crippen MR) is 106 cm³/mol. The fraction of sp³-hybridized carbons (Fsp3) is 0.600. The fourth-order valence-corrected chi connectivity index (χ4v) is 5.62. The Kier molecular flexibility index (Phi) is 4.50. The molecule has 5 nitrogen and oxygen atoms in total. The van der Waals surface area contributed by atoms with Crippen molar-refractivity contribution in [2.45, 2.75) is 62.6 Å². The highest BCUT2D eigenvalue weighted by Crippen LogP contribution is 2.34. The first kappa shape index (κ1) is 18.2. The molecular formula is C20H24F2N4OS. The van der Waals surface area contributed by atoms with E-state index in [9.17, 15) is 13.6 Å². The van der Waals surface area contributed by atoms with Gasteiger partial charge < -0.3 is 15.5 Å². The number of rotatable bonds is 3. The lowest BCUT2D eigenvalue weighted by atomic mass is 9.92. The summed E-state index contributed by atoms with van der Waals surface area (Å²) in [4.78, 5) is 19.7. The molecule has 1 aromatic carbocycles. The first-order valence-corrected chi connectivity index (χ1v) is 10.9. The van der Waals surface area contributed by atoms with Crippen molar-refractivity contribution in [3.05, 3.63) is 23.8 Å². The number of hydrogen-bond acceptors (Lipinski definition) is 5. The van der Waals surface area contributed by atoms with Crippen LogP contribution in [0.3, 0.4) is 0 Å². The number of aromatic nitrogens is 1. The van der Waals surface area contributed by atoms with E-state index in [1.54, 1.807) is 17.4 Å². The molecule has 1 saturated carbocycles.